The van der Waals surface area contributed by atoms with E-state index in [1.54, 1.807) is 7.11 Å². The maximum absolute atomic E-state index is 9.23. The van der Waals surface area contributed by atoms with Gasteiger partial charge in [0.25, 0.3) is 0 Å². The van der Waals surface area contributed by atoms with Gasteiger partial charge in [0.1, 0.15) is 5.75 Å². The summed E-state index contributed by atoms with van der Waals surface area (Å²) in [6.07, 6.45) is 3.23. The lowest BCUT2D eigenvalue weighted by molar-refractivity contribution is 0.223. The molecule has 2 rings (SSSR count). The lowest BCUT2D eigenvalue weighted by atomic mass is 9.69. The molecule has 1 saturated carbocycles. The quantitative estimate of drug-likeness (QED) is 0.798. The summed E-state index contributed by atoms with van der Waals surface area (Å²) in [5.74, 6) is 0.856. The van der Waals surface area contributed by atoms with Crippen LogP contribution < -0.4 is 9.64 Å². The van der Waals surface area contributed by atoms with E-state index in [0.717, 1.165) is 30.8 Å². The van der Waals surface area contributed by atoms with Crippen LogP contribution in [0.4, 0.5) is 5.69 Å². The van der Waals surface area contributed by atoms with Gasteiger partial charge >= 0.3 is 0 Å². The molecule has 17 heavy (non-hydrogen) atoms. The third kappa shape index (κ3) is 2.36. The Morgan fingerprint density at radius 1 is 1.47 bits per heavy atom. The van der Waals surface area contributed by atoms with Crippen molar-refractivity contribution >= 4 is 5.69 Å². The number of anilines is 1. The summed E-state index contributed by atoms with van der Waals surface area (Å²) in [5, 5.41) is 9.23. The van der Waals surface area contributed by atoms with Gasteiger partial charge in [-0.25, -0.2) is 0 Å². The molecule has 1 aliphatic carbocycles. The zero-order valence-electron chi connectivity index (χ0n) is 10.4. The molecule has 90 valence electrons. The second-order valence-electron chi connectivity index (χ2n) is 4.80. The lowest BCUT2D eigenvalue weighted by Gasteiger charge is -2.39. The SMILES string of the molecule is COc1cccc(N(C)CC2(C#N)CCC2)c1. The lowest BCUT2D eigenvalue weighted by Crippen LogP contribution is -2.39. The molecule has 1 fully saturated rings. The van der Waals surface area contributed by atoms with Crippen LogP contribution in [0.25, 0.3) is 0 Å². The normalized spacial score (nSPS) is 16.8. The minimum absolute atomic E-state index is 0.127. The number of nitriles is 1. The van der Waals surface area contributed by atoms with Crippen LogP contribution in [0.1, 0.15) is 19.3 Å². The fraction of sp³-hybridized carbons (Fsp3) is 0.500. The molecule has 3 heteroatoms. The van der Waals surface area contributed by atoms with Crippen LogP contribution in [0.2, 0.25) is 0 Å². The highest BCUT2D eigenvalue weighted by Crippen LogP contribution is 2.41. The van der Waals surface area contributed by atoms with E-state index in [2.05, 4.69) is 11.0 Å². The average Bonchev–Trinajstić information content (AvgIpc) is 2.33. The van der Waals surface area contributed by atoms with Gasteiger partial charge in [-0.3, -0.25) is 0 Å². The topological polar surface area (TPSA) is 36.3 Å². The molecular formula is C14H18N2O. The van der Waals surface area contributed by atoms with Crippen molar-refractivity contribution in [2.45, 2.75) is 19.3 Å². The molecular weight excluding hydrogens is 212 g/mol. The van der Waals surface area contributed by atoms with E-state index in [0.29, 0.717) is 0 Å². The van der Waals surface area contributed by atoms with Crippen LogP contribution in [0, 0.1) is 16.7 Å². The molecule has 3 nitrogen and oxygen atoms in total. The summed E-state index contributed by atoms with van der Waals surface area (Å²) in [6.45, 7) is 0.802. The minimum Gasteiger partial charge on any atom is -0.497 e. The van der Waals surface area contributed by atoms with Crippen LogP contribution in [0.5, 0.6) is 5.75 Å². The van der Waals surface area contributed by atoms with Gasteiger partial charge in [0.2, 0.25) is 0 Å². The fourth-order valence-electron chi connectivity index (χ4n) is 2.30. The molecule has 0 saturated heterocycles. The molecule has 0 unspecified atom stereocenters. The van der Waals surface area contributed by atoms with E-state index in [4.69, 9.17) is 4.74 Å². The number of rotatable bonds is 4. The van der Waals surface area contributed by atoms with Gasteiger partial charge in [0, 0.05) is 25.3 Å². The van der Waals surface area contributed by atoms with Crippen LogP contribution in [-0.2, 0) is 0 Å². The summed E-state index contributed by atoms with van der Waals surface area (Å²) < 4.78 is 5.21. The Morgan fingerprint density at radius 2 is 2.24 bits per heavy atom. The molecule has 0 radical (unpaired) electrons. The van der Waals surface area contributed by atoms with E-state index in [9.17, 15) is 5.26 Å². The number of hydrogen-bond donors (Lipinski definition) is 0. The Kier molecular flexibility index (Phi) is 3.23. The number of benzene rings is 1. The van der Waals surface area contributed by atoms with Crippen molar-refractivity contribution < 1.29 is 4.74 Å². The molecule has 0 atom stereocenters. The van der Waals surface area contributed by atoms with Crippen LogP contribution >= 0.6 is 0 Å². The maximum atomic E-state index is 9.23. The van der Waals surface area contributed by atoms with Gasteiger partial charge in [-0.1, -0.05) is 12.5 Å². The predicted molar refractivity (Wildman–Crippen MR) is 68.2 cm³/mol. The zero-order valence-corrected chi connectivity index (χ0v) is 10.4. The highest BCUT2D eigenvalue weighted by Gasteiger charge is 2.38. The largest absolute Gasteiger partial charge is 0.497 e. The van der Waals surface area contributed by atoms with Crippen molar-refractivity contribution in [3.63, 3.8) is 0 Å². The second-order valence-corrected chi connectivity index (χ2v) is 4.80. The molecule has 0 bridgehead atoms. The monoisotopic (exact) mass is 230 g/mol. The first-order chi connectivity index (χ1) is 8.19. The molecule has 0 N–H and O–H groups in total. The van der Waals surface area contributed by atoms with Gasteiger partial charge < -0.3 is 9.64 Å². The first-order valence-electron chi connectivity index (χ1n) is 5.96. The Balaban J connectivity index is 2.09. The summed E-state index contributed by atoms with van der Waals surface area (Å²) in [4.78, 5) is 2.14. The van der Waals surface area contributed by atoms with Crippen molar-refractivity contribution in [3.8, 4) is 11.8 Å². The van der Waals surface area contributed by atoms with E-state index >= 15 is 0 Å². The summed E-state index contributed by atoms with van der Waals surface area (Å²) in [7, 11) is 3.70. The molecule has 1 aliphatic rings. The van der Waals surface area contributed by atoms with Crippen molar-refractivity contribution in [3.05, 3.63) is 24.3 Å². The summed E-state index contributed by atoms with van der Waals surface area (Å²) >= 11 is 0. The Morgan fingerprint density at radius 3 is 2.76 bits per heavy atom. The third-order valence-corrected chi connectivity index (χ3v) is 3.58. The standard InChI is InChI=1S/C14H18N2O/c1-16(11-14(10-15)7-4-8-14)12-5-3-6-13(9-12)17-2/h3,5-6,9H,4,7-8,11H2,1-2H3. The predicted octanol–water partition coefficient (Wildman–Crippen LogP) is 2.83. The number of ether oxygens (including phenoxy) is 1. The number of nitrogens with zero attached hydrogens (tertiary/aromatic N) is 2. The Bertz CT molecular complexity index is 432. The summed E-state index contributed by atoms with van der Waals surface area (Å²) in [6, 6.07) is 10.4. The van der Waals surface area contributed by atoms with Crippen LogP contribution in [-0.4, -0.2) is 20.7 Å². The first-order valence-corrected chi connectivity index (χ1v) is 5.96. The fourth-order valence-corrected chi connectivity index (χ4v) is 2.30. The van der Waals surface area contributed by atoms with Gasteiger partial charge in [-0.15, -0.1) is 0 Å². The Hall–Kier alpha value is -1.69. The van der Waals surface area contributed by atoms with Crippen molar-refractivity contribution in [1.29, 1.82) is 5.26 Å². The van der Waals surface area contributed by atoms with E-state index in [1.165, 1.54) is 6.42 Å². The van der Waals surface area contributed by atoms with Gasteiger partial charge in [0.15, 0.2) is 0 Å². The smallest absolute Gasteiger partial charge is 0.120 e. The number of hydrogen-bond acceptors (Lipinski definition) is 3. The molecule has 1 aromatic rings. The van der Waals surface area contributed by atoms with E-state index < -0.39 is 0 Å². The highest BCUT2D eigenvalue weighted by molar-refractivity contribution is 5.50. The average molecular weight is 230 g/mol. The highest BCUT2D eigenvalue weighted by atomic mass is 16.5. The molecule has 0 amide bonds. The maximum Gasteiger partial charge on any atom is 0.120 e. The van der Waals surface area contributed by atoms with Crippen LogP contribution in [0.15, 0.2) is 24.3 Å². The molecule has 0 spiro atoms. The minimum atomic E-state index is -0.127. The molecule has 0 aliphatic heterocycles. The van der Waals surface area contributed by atoms with E-state index in [-0.39, 0.29) is 5.41 Å². The van der Waals surface area contributed by atoms with Crippen molar-refractivity contribution in [2.75, 3.05) is 25.6 Å². The van der Waals surface area contributed by atoms with Gasteiger partial charge in [0.05, 0.1) is 18.6 Å². The van der Waals surface area contributed by atoms with Crippen LogP contribution in [0.3, 0.4) is 0 Å². The van der Waals surface area contributed by atoms with Gasteiger partial charge in [-0.2, -0.15) is 5.26 Å². The third-order valence-electron chi connectivity index (χ3n) is 3.58. The van der Waals surface area contributed by atoms with Crippen molar-refractivity contribution in [2.24, 2.45) is 5.41 Å². The second kappa shape index (κ2) is 4.67. The molecule has 0 aromatic heterocycles. The van der Waals surface area contributed by atoms with Gasteiger partial charge in [-0.05, 0) is 25.0 Å². The van der Waals surface area contributed by atoms with Crippen molar-refractivity contribution in [1.82, 2.24) is 0 Å². The number of methoxy groups -OCH3 is 1. The Labute approximate surface area is 103 Å². The first kappa shape index (κ1) is 11.8. The summed E-state index contributed by atoms with van der Waals surface area (Å²) in [5.41, 5.74) is 0.976. The molecule has 1 aromatic carbocycles. The molecule has 0 heterocycles. The zero-order chi connectivity index (χ0) is 12.3. The van der Waals surface area contributed by atoms with E-state index in [1.807, 2.05) is 31.3 Å².